The minimum atomic E-state index is -0.315. The predicted octanol–water partition coefficient (Wildman–Crippen LogP) is 4.55. The summed E-state index contributed by atoms with van der Waals surface area (Å²) in [6.07, 6.45) is 0. The molecule has 5 heteroatoms. The maximum atomic E-state index is 11.2. The van der Waals surface area contributed by atoms with E-state index in [-0.39, 0.29) is 36.6 Å². The zero-order valence-corrected chi connectivity index (χ0v) is 17.4. The number of anilines is 1. The first-order valence-corrected chi connectivity index (χ1v) is 10.0. The molecule has 134 valence electrons. The van der Waals surface area contributed by atoms with Crippen LogP contribution in [-0.4, -0.2) is 20.1 Å². The summed E-state index contributed by atoms with van der Waals surface area (Å²) in [7, 11) is 0. The van der Waals surface area contributed by atoms with Crippen molar-refractivity contribution in [1.29, 1.82) is 0 Å². The first-order valence-electron chi connectivity index (χ1n) is 8.31. The quantitative estimate of drug-likeness (QED) is 0.461. The molecule has 0 saturated heterocycles. The summed E-state index contributed by atoms with van der Waals surface area (Å²) in [4.78, 5) is 10.9. The van der Waals surface area contributed by atoms with E-state index >= 15 is 0 Å². The summed E-state index contributed by atoms with van der Waals surface area (Å²) < 4.78 is 4.19. The first-order chi connectivity index (χ1) is 11.5. The molecular weight excluding hydrogens is 379 g/mol. The average molecular weight is 405 g/mol. The molecule has 0 atom stereocenters. The van der Waals surface area contributed by atoms with Crippen LogP contribution < -0.4 is 8.79 Å². The van der Waals surface area contributed by atoms with Gasteiger partial charge in [-0.05, 0) is 0 Å². The molecule has 0 aliphatic carbocycles. The molecule has 1 N–H and O–H groups in total. The summed E-state index contributed by atoms with van der Waals surface area (Å²) in [6, 6.07) is 13.5. The molecule has 0 unspecified atom stereocenters. The number of hydrogen-bond acceptors (Lipinski definition) is 3. The number of para-hydroxylation sites is 1. The van der Waals surface area contributed by atoms with Gasteiger partial charge in [-0.2, -0.15) is 0 Å². The summed E-state index contributed by atoms with van der Waals surface area (Å²) in [6.45, 7) is 13.2. The number of rotatable bonds is 4. The minimum absolute atomic E-state index is 0.0451. The van der Waals surface area contributed by atoms with Gasteiger partial charge in [-0.15, -0.1) is 0 Å². The molecule has 2 aromatic rings. The second-order valence-electron chi connectivity index (χ2n) is 8.23. The Hall–Kier alpha value is -1.84. The molecule has 0 bridgehead atoms. The number of nitro benzene ring substituents is 1. The molecule has 2 aromatic carbocycles. The topological polar surface area (TPSA) is 55.2 Å². The van der Waals surface area contributed by atoms with Crippen LogP contribution in [0.3, 0.4) is 0 Å². The van der Waals surface area contributed by atoms with Crippen molar-refractivity contribution in [3.05, 3.63) is 63.7 Å². The van der Waals surface area contributed by atoms with E-state index in [1.54, 1.807) is 12.1 Å². The van der Waals surface area contributed by atoms with Crippen molar-refractivity contribution in [2.24, 2.45) is 0 Å². The standard InChI is InChI=1S/C20H26N2O2Se/c1-19(2,3)14-11-15(20(4,5)6)13-16(12-14)21-25-18-10-8-7-9-17(18)22(23)24/h7-13,21H,1-6H3. The van der Waals surface area contributed by atoms with Crippen molar-refractivity contribution in [3.63, 3.8) is 0 Å². The van der Waals surface area contributed by atoms with Crippen LogP contribution in [0.4, 0.5) is 11.4 Å². The number of nitrogens with one attached hydrogen (secondary N) is 1. The Morgan fingerprint density at radius 2 is 1.44 bits per heavy atom. The second-order valence-corrected chi connectivity index (χ2v) is 10.0. The van der Waals surface area contributed by atoms with Crippen LogP contribution in [0.15, 0.2) is 42.5 Å². The van der Waals surface area contributed by atoms with Crippen LogP contribution in [-0.2, 0) is 10.8 Å². The van der Waals surface area contributed by atoms with E-state index in [9.17, 15) is 10.1 Å². The molecule has 0 spiro atoms. The molecule has 0 fully saturated rings. The van der Waals surface area contributed by atoms with Crippen LogP contribution >= 0.6 is 0 Å². The van der Waals surface area contributed by atoms with Gasteiger partial charge in [0.25, 0.3) is 0 Å². The molecule has 25 heavy (non-hydrogen) atoms. The van der Waals surface area contributed by atoms with Gasteiger partial charge in [-0.25, -0.2) is 0 Å². The van der Waals surface area contributed by atoms with Crippen molar-refractivity contribution in [2.75, 3.05) is 4.33 Å². The third kappa shape index (κ3) is 5.07. The van der Waals surface area contributed by atoms with E-state index in [2.05, 4.69) is 64.1 Å². The van der Waals surface area contributed by atoms with E-state index in [0.29, 0.717) is 0 Å². The fourth-order valence-electron chi connectivity index (χ4n) is 2.36. The molecule has 2 rings (SSSR count). The Labute approximate surface area is 156 Å². The molecule has 0 aromatic heterocycles. The van der Waals surface area contributed by atoms with E-state index in [1.807, 2.05) is 12.1 Å². The van der Waals surface area contributed by atoms with Gasteiger partial charge in [0.2, 0.25) is 0 Å². The van der Waals surface area contributed by atoms with E-state index in [1.165, 1.54) is 11.1 Å². The number of nitro groups is 1. The number of benzene rings is 2. The van der Waals surface area contributed by atoms with E-state index in [4.69, 9.17) is 0 Å². The van der Waals surface area contributed by atoms with Crippen molar-refractivity contribution in [3.8, 4) is 0 Å². The third-order valence-electron chi connectivity index (χ3n) is 4.01. The fraction of sp³-hybridized carbons (Fsp3) is 0.400. The Balaban J connectivity index is 2.35. The average Bonchev–Trinajstić information content (AvgIpc) is 2.51. The zero-order chi connectivity index (χ0) is 18.8. The monoisotopic (exact) mass is 406 g/mol. The molecule has 0 amide bonds. The Kier molecular flexibility index (Phi) is 5.60. The van der Waals surface area contributed by atoms with Gasteiger partial charge < -0.3 is 0 Å². The summed E-state index contributed by atoms with van der Waals surface area (Å²) in [5.41, 5.74) is 3.82. The number of hydrogen-bond donors (Lipinski definition) is 1. The Morgan fingerprint density at radius 1 is 0.920 bits per heavy atom. The molecular formula is C20H26N2O2Se. The second kappa shape index (κ2) is 7.19. The normalized spacial score (nSPS) is 12.1. The van der Waals surface area contributed by atoms with Gasteiger partial charge in [0.05, 0.1) is 0 Å². The van der Waals surface area contributed by atoms with Gasteiger partial charge >= 0.3 is 156 Å². The summed E-state index contributed by atoms with van der Waals surface area (Å²) in [5, 5.41) is 11.2. The van der Waals surface area contributed by atoms with Gasteiger partial charge in [-0.3, -0.25) is 0 Å². The molecule has 0 radical (unpaired) electrons. The molecule has 4 nitrogen and oxygen atoms in total. The maximum absolute atomic E-state index is 11.2. The predicted molar refractivity (Wildman–Crippen MR) is 106 cm³/mol. The summed E-state index contributed by atoms with van der Waals surface area (Å²) in [5.74, 6) is 0. The van der Waals surface area contributed by atoms with Gasteiger partial charge in [0, 0.05) is 0 Å². The van der Waals surface area contributed by atoms with Gasteiger partial charge in [0.15, 0.2) is 0 Å². The Bertz CT molecular complexity index is 742. The van der Waals surface area contributed by atoms with Crippen LogP contribution in [0.1, 0.15) is 52.7 Å². The van der Waals surface area contributed by atoms with Crippen LogP contribution in [0, 0.1) is 10.1 Å². The SMILES string of the molecule is CC(C)(C)c1cc(N[Se]c2ccccc2[N+](=O)[O-])cc(C(C)(C)C)c1. The van der Waals surface area contributed by atoms with Crippen molar-refractivity contribution in [1.82, 2.24) is 0 Å². The van der Waals surface area contributed by atoms with Gasteiger partial charge in [0.1, 0.15) is 0 Å². The zero-order valence-electron chi connectivity index (χ0n) is 15.7. The number of nitrogens with zero attached hydrogens (tertiary/aromatic N) is 1. The van der Waals surface area contributed by atoms with E-state index < -0.39 is 0 Å². The molecule has 0 heterocycles. The van der Waals surface area contributed by atoms with Crippen molar-refractivity contribution in [2.45, 2.75) is 52.4 Å². The molecule has 0 aliphatic rings. The van der Waals surface area contributed by atoms with Gasteiger partial charge in [-0.1, -0.05) is 0 Å². The first kappa shape index (κ1) is 19.5. The van der Waals surface area contributed by atoms with Crippen molar-refractivity contribution >= 4 is 31.0 Å². The van der Waals surface area contributed by atoms with Crippen molar-refractivity contribution < 1.29 is 4.92 Å². The Morgan fingerprint density at radius 3 is 1.92 bits per heavy atom. The van der Waals surface area contributed by atoms with Crippen LogP contribution in [0.25, 0.3) is 0 Å². The molecule has 0 saturated carbocycles. The molecule has 0 aliphatic heterocycles. The third-order valence-corrected chi connectivity index (χ3v) is 5.90. The van der Waals surface area contributed by atoms with E-state index in [0.717, 1.165) is 10.1 Å². The summed E-state index contributed by atoms with van der Waals surface area (Å²) >= 11 is -0.213. The fourth-order valence-corrected chi connectivity index (χ4v) is 3.91. The van der Waals surface area contributed by atoms with Crippen LogP contribution in [0.2, 0.25) is 0 Å². The van der Waals surface area contributed by atoms with Crippen LogP contribution in [0.5, 0.6) is 0 Å².